The molecular formula is C21H30N4O2. The quantitative estimate of drug-likeness (QED) is 0.699. The Morgan fingerprint density at radius 2 is 1.89 bits per heavy atom. The van der Waals surface area contributed by atoms with Crippen LogP contribution in [0.1, 0.15) is 36.7 Å². The predicted molar refractivity (Wildman–Crippen MR) is 107 cm³/mol. The lowest BCUT2D eigenvalue weighted by atomic mass is 9.93. The second-order valence-corrected chi connectivity index (χ2v) is 7.85. The molecule has 6 nitrogen and oxygen atoms in total. The average Bonchev–Trinajstić information content (AvgIpc) is 3.15. The third-order valence-corrected chi connectivity index (χ3v) is 5.65. The van der Waals surface area contributed by atoms with Gasteiger partial charge in [-0.05, 0) is 52.4 Å². The molecule has 2 aliphatic heterocycles. The molecule has 2 saturated heterocycles. The van der Waals surface area contributed by atoms with Crippen molar-refractivity contribution in [3.05, 3.63) is 23.7 Å². The number of likely N-dealkylation sites (tertiary alicyclic amines) is 2. The molecule has 146 valence electrons. The van der Waals surface area contributed by atoms with E-state index in [1.165, 1.54) is 25.9 Å². The summed E-state index contributed by atoms with van der Waals surface area (Å²) in [5, 5.41) is 1.08. The molecule has 0 atom stereocenters. The molecule has 0 amide bonds. The highest BCUT2D eigenvalue weighted by Gasteiger charge is 2.28. The zero-order valence-electron chi connectivity index (χ0n) is 16.7. The highest BCUT2D eigenvalue weighted by Crippen LogP contribution is 2.36. The van der Waals surface area contributed by atoms with Gasteiger partial charge in [-0.1, -0.05) is 0 Å². The number of likely N-dealkylation sites (N-methyl/N-ethyl adjacent to an activating group) is 1. The van der Waals surface area contributed by atoms with E-state index in [1.807, 2.05) is 13.0 Å². The lowest BCUT2D eigenvalue weighted by Gasteiger charge is -2.36. The minimum atomic E-state index is 0.469. The van der Waals surface area contributed by atoms with Crippen molar-refractivity contribution in [1.82, 2.24) is 19.8 Å². The molecular weight excluding hydrogens is 340 g/mol. The number of rotatable bonds is 7. The summed E-state index contributed by atoms with van der Waals surface area (Å²) in [7, 11) is 3.84. The van der Waals surface area contributed by atoms with Gasteiger partial charge in [0, 0.05) is 37.0 Å². The first-order valence-corrected chi connectivity index (χ1v) is 10.0. The lowest BCUT2D eigenvalue weighted by molar-refractivity contribution is 0.187. The molecule has 0 N–H and O–H groups in total. The van der Waals surface area contributed by atoms with E-state index in [9.17, 15) is 0 Å². The second kappa shape index (κ2) is 7.98. The predicted octanol–water partition coefficient (Wildman–Crippen LogP) is 2.84. The molecule has 1 aromatic carbocycles. The molecule has 27 heavy (non-hydrogen) atoms. The van der Waals surface area contributed by atoms with Crippen molar-refractivity contribution in [3.63, 3.8) is 0 Å². The van der Waals surface area contributed by atoms with E-state index in [0.29, 0.717) is 12.5 Å². The van der Waals surface area contributed by atoms with Gasteiger partial charge in [-0.15, -0.1) is 0 Å². The molecule has 2 fully saturated rings. The van der Waals surface area contributed by atoms with Crippen molar-refractivity contribution in [2.24, 2.45) is 0 Å². The molecule has 4 rings (SSSR count). The van der Waals surface area contributed by atoms with Gasteiger partial charge in [-0.2, -0.15) is 0 Å². The summed E-state index contributed by atoms with van der Waals surface area (Å²) in [5.74, 6) is 2.83. The van der Waals surface area contributed by atoms with Crippen molar-refractivity contribution in [3.8, 4) is 11.5 Å². The Labute approximate surface area is 161 Å². The minimum absolute atomic E-state index is 0.469. The lowest BCUT2D eigenvalue weighted by Crippen LogP contribution is -2.42. The largest absolute Gasteiger partial charge is 0.493 e. The molecule has 0 saturated carbocycles. The standard InChI is InChI=1S/C21H30N4O2/c1-15-22-18-12-20(27-10-6-9-25-7-4-5-8-25)19(26-3)11-17(18)21(23-15)16-13-24(2)14-16/h11-12,16H,4-10,13-14H2,1-3H3. The van der Waals surface area contributed by atoms with Crippen LogP contribution < -0.4 is 9.47 Å². The van der Waals surface area contributed by atoms with Crippen LogP contribution in [0.15, 0.2) is 12.1 Å². The number of aryl methyl sites for hydroxylation is 1. The molecule has 0 spiro atoms. The summed E-state index contributed by atoms with van der Waals surface area (Å²) in [6, 6.07) is 4.07. The van der Waals surface area contributed by atoms with Gasteiger partial charge in [0.15, 0.2) is 11.5 Å². The van der Waals surface area contributed by atoms with Crippen LogP contribution >= 0.6 is 0 Å². The number of methoxy groups -OCH3 is 1. The number of hydrogen-bond donors (Lipinski definition) is 0. The molecule has 3 heterocycles. The van der Waals surface area contributed by atoms with Crippen LogP contribution in [0.5, 0.6) is 11.5 Å². The fourth-order valence-corrected chi connectivity index (χ4v) is 4.21. The van der Waals surface area contributed by atoms with Crippen LogP contribution in [0, 0.1) is 6.92 Å². The number of hydrogen-bond acceptors (Lipinski definition) is 6. The van der Waals surface area contributed by atoms with E-state index in [2.05, 4.69) is 27.9 Å². The van der Waals surface area contributed by atoms with Crippen LogP contribution in [0.3, 0.4) is 0 Å². The zero-order chi connectivity index (χ0) is 18.8. The van der Waals surface area contributed by atoms with Crippen molar-refractivity contribution >= 4 is 10.9 Å². The molecule has 1 aromatic heterocycles. The van der Waals surface area contributed by atoms with E-state index in [-0.39, 0.29) is 0 Å². The van der Waals surface area contributed by atoms with Crippen LogP contribution in [-0.2, 0) is 0 Å². The summed E-state index contributed by atoms with van der Waals surface area (Å²) in [5.41, 5.74) is 2.08. The summed E-state index contributed by atoms with van der Waals surface area (Å²) in [6.07, 6.45) is 3.69. The molecule has 2 aromatic rings. The van der Waals surface area contributed by atoms with E-state index in [1.54, 1.807) is 7.11 Å². The van der Waals surface area contributed by atoms with E-state index in [0.717, 1.165) is 60.0 Å². The first kappa shape index (κ1) is 18.4. The fraction of sp³-hybridized carbons (Fsp3) is 0.619. The van der Waals surface area contributed by atoms with E-state index < -0.39 is 0 Å². The maximum atomic E-state index is 6.07. The maximum absolute atomic E-state index is 6.07. The SMILES string of the molecule is COc1cc2c(C3CN(C)C3)nc(C)nc2cc1OCCCN1CCCC1. The Kier molecular flexibility index (Phi) is 5.45. The molecule has 6 heteroatoms. The summed E-state index contributed by atoms with van der Waals surface area (Å²) in [4.78, 5) is 14.2. The smallest absolute Gasteiger partial charge is 0.163 e. The van der Waals surface area contributed by atoms with Gasteiger partial charge in [0.05, 0.1) is 24.9 Å². The van der Waals surface area contributed by atoms with E-state index >= 15 is 0 Å². The van der Waals surface area contributed by atoms with Crippen molar-refractivity contribution in [2.45, 2.75) is 32.1 Å². The van der Waals surface area contributed by atoms with Gasteiger partial charge in [-0.25, -0.2) is 9.97 Å². The topological polar surface area (TPSA) is 50.7 Å². The second-order valence-electron chi connectivity index (χ2n) is 7.85. The molecule has 0 unspecified atom stereocenters. The highest BCUT2D eigenvalue weighted by molar-refractivity contribution is 5.85. The highest BCUT2D eigenvalue weighted by atomic mass is 16.5. The summed E-state index contributed by atoms with van der Waals surface area (Å²) < 4.78 is 11.7. The van der Waals surface area contributed by atoms with E-state index in [4.69, 9.17) is 14.5 Å². The number of nitrogens with zero attached hydrogens (tertiary/aromatic N) is 4. The minimum Gasteiger partial charge on any atom is -0.493 e. The van der Waals surface area contributed by atoms with Crippen LogP contribution in [0.4, 0.5) is 0 Å². The normalized spacial score (nSPS) is 18.8. The van der Waals surface area contributed by atoms with Crippen molar-refractivity contribution < 1.29 is 9.47 Å². The van der Waals surface area contributed by atoms with Crippen molar-refractivity contribution in [1.29, 1.82) is 0 Å². The Morgan fingerprint density at radius 1 is 1.11 bits per heavy atom. The third-order valence-electron chi connectivity index (χ3n) is 5.65. The van der Waals surface area contributed by atoms with Crippen LogP contribution in [0.2, 0.25) is 0 Å². The molecule has 0 bridgehead atoms. The summed E-state index contributed by atoms with van der Waals surface area (Å²) >= 11 is 0. The number of fused-ring (bicyclic) bond motifs is 1. The van der Waals surface area contributed by atoms with Gasteiger partial charge >= 0.3 is 0 Å². The number of ether oxygens (including phenoxy) is 2. The number of aromatic nitrogens is 2. The van der Waals surface area contributed by atoms with Gasteiger partial charge in [0.1, 0.15) is 5.82 Å². The molecule has 0 radical (unpaired) electrons. The fourth-order valence-electron chi connectivity index (χ4n) is 4.21. The molecule has 0 aliphatic carbocycles. The Hall–Kier alpha value is -1.92. The average molecular weight is 370 g/mol. The third kappa shape index (κ3) is 4.01. The Bertz CT molecular complexity index is 798. The monoisotopic (exact) mass is 370 g/mol. The Balaban J connectivity index is 1.52. The van der Waals surface area contributed by atoms with Gasteiger partial charge < -0.3 is 19.3 Å². The zero-order valence-corrected chi connectivity index (χ0v) is 16.7. The van der Waals surface area contributed by atoms with Crippen LogP contribution in [-0.4, -0.2) is 73.3 Å². The van der Waals surface area contributed by atoms with Gasteiger partial charge in [0.2, 0.25) is 0 Å². The van der Waals surface area contributed by atoms with Crippen LogP contribution in [0.25, 0.3) is 10.9 Å². The number of benzene rings is 1. The summed E-state index contributed by atoms with van der Waals surface area (Å²) in [6.45, 7) is 8.32. The first-order chi connectivity index (χ1) is 13.1. The molecule has 2 aliphatic rings. The van der Waals surface area contributed by atoms with Crippen molar-refractivity contribution in [2.75, 3.05) is 53.5 Å². The first-order valence-electron chi connectivity index (χ1n) is 10.0. The maximum Gasteiger partial charge on any atom is 0.163 e. The van der Waals surface area contributed by atoms with Gasteiger partial charge in [0.25, 0.3) is 0 Å². The Morgan fingerprint density at radius 3 is 2.59 bits per heavy atom. The van der Waals surface area contributed by atoms with Gasteiger partial charge in [-0.3, -0.25) is 0 Å².